The van der Waals surface area contributed by atoms with Crippen molar-refractivity contribution in [3.63, 3.8) is 0 Å². The Morgan fingerprint density at radius 2 is 1.89 bits per heavy atom. The molecular formula is C25H32ClF2N5O2. The molecule has 1 heterocycles. The second-order valence-electron chi connectivity index (χ2n) is 9.66. The van der Waals surface area contributed by atoms with Gasteiger partial charge in [-0.15, -0.1) is 0 Å². The Hall–Kier alpha value is -2.65. The van der Waals surface area contributed by atoms with E-state index in [1.165, 1.54) is 6.07 Å². The Bertz CT molecular complexity index is 1070. The second kappa shape index (κ2) is 10.5. The summed E-state index contributed by atoms with van der Waals surface area (Å²) in [5.74, 6) is -3.94. The van der Waals surface area contributed by atoms with Gasteiger partial charge in [-0.2, -0.15) is 0 Å². The van der Waals surface area contributed by atoms with E-state index in [0.717, 1.165) is 12.5 Å². The van der Waals surface area contributed by atoms with Crippen LogP contribution in [0, 0.1) is 12.3 Å². The van der Waals surface area contributed by atoms with Gasteiger partial charge in [-0.05, 0) is 70.5 Å². The molecule has 1 aromatic carbocycles. The molecule has 1 saturated carbocycles. The van der Waals surface area contributed by atoms with E-state index in [1.54, 1.807) is 31.5 Å². The molecule has 3 rings (SSSR count). The highest BCUT2D eigenvalue weighted by Gasteiger charge is 2.63. The Kier molecular flexibility index (Phi) is 8.11. The molecule has 10 heteroatoms. The molecule has 35 heavy (non-hydrogen) atoms. The number of amides is 2. The van der Waals surface area contributed by atoms with Gasteiger partial charge in [0.15, 0.2) is 0 Å². The highest BCUT2D eigenvalue weighted by atomic mass is 35.5. The van der Waals surface area contributed by atoms with Gasteiger partial charge in [0, 0.05) is 53.3 Å². The standard InChI is InChI=1S/C25H32ClF2N5O2/c1-15-30-12-18(13-31-15)20(25(7-8-25)24(2,27)28)11-22(34)32-14-19(33(3)4)9-16-5-6-17(23(29)35)10-21(16)26/h5-6,10,12-13,19-20H,7-9,11,14H2,1-4H3,(H2,29,35)(H,32,34)/t19-,20-/m0/s1. The van der Waals surface area contributed by atoms with Gasteiger partial charge in [0.05, 0.1) is 0 Å². The molecule has 0 saturated heterocycles. The Balaban J connectivity index is 1.71. The van der Waals surface area contributed by atoms with Gasteiger partial charge in [-0.3, -0.25) is 9.59 Å². The number of alkyl halides is 2. The van der Waals surface area contributed by atoms with Crippen LogP contribution in [0.4, 0.5) is 8.78 Å². The molecule has 0 aliphatic heterocycles. The van der Waals surface area contributed by atoms with Crippen molar-refractivity contribution in [2.75, 3.05) is 20.6 Å². The van der Waals surface area contributed by atoms with Gasteiger partial charge in [-0.25, -0.2) is 18.7 Å². The van der Waals surface area contributed by atoms with Crippen LogP contribution >= 0.6 is 11.6 Å². The number of aromatic nitrogens is 2. The zero-order valence-corrected chi connectivity index (χ0v) is 21.2. The first kappa shape index (κ1) is 26.9. The van der Waals surface area contributed by atoms with Crippen LogP contribution in [0.25, 0.3) is 0 Å². The molecule has 1 aromatic heterocycles. The number of benzene rings is 1. The first-order chi connectivity index (χ1) is 16.3. The van der Waals surface area contributed by atoms with Gasteiger partial charge in [0.25, 0.3) is 5.92 Å². The molecule has 0 bridgehead atoms. The first-order valence-corrected chi connectivity index (χ1v) is 11.9. The summed E-state index contributed by atoms with van der Waals surface area (Å²) in [7, 11) is 3.76. The number of hydrogen-bond donors (Lipinski definition) is 2. The molecular weight excluding hydrogens is 476 g/mol. The van der Waals surface area contributed by atoms with E-state index in [4.69, 9.17) is 17.3 Å². The quantitative estimate of drug-likeness (QED) is 0.482. The Labute approximate surface area is 209 Å². The number of aryl methyl sites for hydroxylation is 1. The zero-order chi connectivity index (χ0) is 26.0. The Morgan fingerprint density at radius 3 is 2.37 bits per heavy atom. The lowest BCUT2D eigenvalue weighted by molar-refractivity contribution is -0.123. The monoisotopic (exact) mass is 507 g/mol. The van der Waals surface area contributed by atoms with Crippen molar-refractivity contribution < 1.29 is 18.4 Å². The maximum Gasteiger partial charge on any atom is 0.251 e. The molecule has 1 aliphatic rings. The van der Waals surface area contributed by atoms with Crippen molar-refractivity contribution in [1.82, 2.24) is 20.2 Å². The third kappa shape index (κ3) is 6.32. The van der Waals surface area contributed by atoms with Crippen molar-refractivity contribution in [3.05, 3.63) is 58.1 Å². The summed E-state index contributed by atoms with van der Waals surface area (Å²) in [5, 5.41) is 3.33. The van der Waals surface area contributed by atoms with Crippen LogP contribution < -0.4 is 11.1 Å². The summed E-state index contributed by atoms with van der Waals surface area (Å²) in [6.45, 7) is 2.95. The number of carbonyl (C=O) groups excluding carboxylic acids is 2. The summed E-state index contributed by atoms with van der Waals surface area (Å²) in [6.07, 6.45) is 4.23. The number of hydrogen-bond acceptors (Lipinski definition) is 5. The van der Waals surface area contributed by atoms with Crippen LogP contribution in [0.5, 0.6) is 0 Å². The maximum atomic E-state index is 14.6. The number of halogens is 3. The minimum Gasteiger partial charge on any atom is -0.366 e. The smallest absolute Gasteiger partial charge is 0.251 e. The van der Waals surface area contributed by atoms with Crippen molar-refractivity contribution >= 4 is 23.4 Å². The SMILES string of the molecule is Cc1ncc([C@H](CC(=O)NC[C@H](Cc2ccc(C(N)=O)cc2Cl)N(C)C)C2(C(C)(F)F)CC2)cn1. The average Bonchev–Trinajstić information content (AvgIpc) is 3.58. The van der Waals surface area contributed by atoms with E-state index in [9.17, 15) is 18.4 Å². The van der Waals surface area contributed by atoms with Crippen molar-refractivity contribution in [2.45, 2.75) is 57.4 Å². The fourth-order valence-corrected chi connectivity index (χ4v) is 4.75. The third-order valence-electron chi connectivity index (χ3n) is 6.98. The average molecular weight is 508 g/mol. The van der Waals surface area contributed by atoms with Crippen molar-refractivity contribution in [3.8, 4) is 0 Å². The van der Waals surface area contributed by atoms with E-state index in [0.29, 0.717) is 47.8 Å². The van der Waals surface area contributed by atoms with Crippen LogP contribution in [0.2, 0.25) is 5.02 Å². The predicted octanol–water partition coefficient (Wildman–Crippen LogP) is 3.74. The van der Waals surface area contributed by atoms with Gasteiger partial charge in [-0.1, -0.05) is 17.7 Å². The molecule has 2 amide bonds. The fourth-order valence-electron chi connectivity index (χ4n) is 4.49. The molecule has 0 unspecified atom stereocenters. The van der Waals surface area contributed by atoms with Gasteiger partial charge >= 0.3 is 0 Å². The first-order valence-electron chi connectivity index (χ1n) is 11.5. The van der Waals surface area contributed by atoms with E-state index in [1.807, 2.05) is 19.0 Å². The summed E-state index contributed by atoms with van der Waals surface area (Å²) in [5.41, 5.74) is 5.72. The number of likely N-dealkylation sites (N-methyl/N-ethyl adjacent to an activating group) is 1. The van der Waals surface area contributed by atoms with E-state index >= 15 is 0 Å². The number of nitrogens with zero attached hydrogens (tertiary/aromatic N) is 3. The normalized spacial score (nSPS) is 16.6. The molecule has 3 N–H and O–H groups in total. The summed E-state index contributed by atoms with van der Waals surface area (Å²) in [4.78, 5) is 34.6. The number of rotatable bonds is 11. The van der Waals surface area contributed by atoms with Crippen LogP contribution in [0.15, 0.2) is 30.6 Å². The minimum atomic E-state index is -2.93. The fraction of sp³-hybridized carbons (Fsp3) is 0.520. The van der Waals surface area contributed by atoms with E-state index in [2.05, 4.69) is 15.3 Å². The van der Waals surface area contributed by atoms with Gasteiger partial charge < -0.3 is 16.0 Å². The molecule has 7 nitrogen and oxygen atoms in total. The lowest BCUT2D eigenvalue weighted by Crippen LogP contribution is -2.43. The molecule has 190 valence electrons. The lowest BCUT2D eigenvalue weighted by atomic mass is 9.78. The zero-order valence-electron chi connectivity index (χ0n) is 20.4. The Morgan fingerprint density at radius 1 is 1.26 bits per heavy atom. The van der Waals surface area contributed by atoms with Gasteiger partial charge in [0.1, 0.15) is 5.82 Å². The summed E-state index contributed by atoms with van der Waals surface area (Å²) < 4.78 is 29.2. The molecule has 0 radical (unpaired) electrons. The van der Waals surface area contributed by atoms with Crippen LogP contribution in [-0.4, -0.2) is 59.3 Å². The highest BCUT2D eigenvalue weighted by molar-refractivity contribution is 6.31. The predicted molar refractivity (Wildman–Crippen MR) is 131 cm³/mol. The number of carbonyl (C=O) groups is 2. The third-order valence-corrected chi connectivity index (χ3v) is 7.33. The van der Waals surface area contributed by atoms with Crippen LogP contribution in [0.3, 0.4) is 0 Å². The number of primary amides is 1. The topological polar surface area (TPSA) is 101 Å². The van der Waals surface area contributed by atoms with Gasteiger partial charge in [0.2, 0.25) is 11.8 Å². The largest absolute Gasteiger partial charge is 0.366 e. The number of nitrogens with one attached hydrogen (secondary N) is 1. The molecule has 1 aliphatic carbocycles. The second-order valence-corrected chi connectivity index (χ2v) is 10.1. The van der Waals surface area contributed by atoms with Crippen LogP contribution in [-0.2, 0) is 11.2 Å². The van der Waals surface area contributed by atoms with Crippen molar-refractivity contribution in [2.24, 2.45) is 11.1 Å². The number of nitrogens with two attached hydrogens (primary N) is 1. The molecule has 2 aromatic rings. The highest BCUT2D eigenvalue weighted by Crippen LogP contribution is 2.65. The van der Waals surface area contributed by atoms with E-state index in [-0.39, 0.29) is 18.4 Å². The molecule has 0 spiro atoms. The molecule has 1 fully saturated rings. The minimum absolute atomic E-state index is 0.0793. The van der Waals surface area contributed by atoms with Crippen LogP contribution in [0.1, 0.15) is 59.4 Å². The maximum absolute atomic E-state index is 14.6. The molecule has 2 atom stereocenters. The summed E-state index contributed by atoms with van der Waals surface area (Å²) in [6, 6.07) is 4.77. The van der Waals surface area contributed by atoms with E-state index < -0.39 is 23.2 Å². The summed E-state index contributed by atoms with van der Waals surface area (Å²) >= 11 is 6.34. The lowest BCUT2D eigenvalue weighted by Gasteiger charge is -2.32. The van der Waals surface area contributed by atoms with Crippen molar-refractivity contribution in [1.29, 1.82) is 0 Å².